The number of esters is 2. The number of carbonyl (C=O) groups is 2. The van der Waals surface area contributed by atoms with Crippen molar-refractivity contribution in [3.05, 3.63) is 97.2 Å². The zero-order valence-electron chi connectivity index (χ0n) is 42.6. The van der Waals surface area contributed by atoms with E-state index in [1.165, 1.54) is 77.0 Å². The average Bonchev–Trinajstić information content (AvgIpc) is 3.32. The van der Waals surface area contributed by atoms with Crippen LogP contribution < -0.4 is 5.73 Å². The number of phosphoric acid groups is 1. The van der Waals surface area contributed by atoms with Crippen molar-refractivity contribution in [2.75, 3.05) is 26.4 Å². The summed E-state index contributed by atoms with van der Waals surface area (Å²) in [6, 6.07) is 0. The summed E-state index contributed by atoms with van der Waals surface area (Å²) >= 11 is 0. The molecule has 0 aliphatic heterocycles. The molecule has 0 amide bonds. The normalized spacial score (nSPS) is 13.9. The molecule has 0 spiro atoms. The van der Waals surface area contributed by atoms with Crippen molar-refractivity contribution in [2.24, 2.45) is 5.73 Å². The third kappa shape index (κ3) is 52.2. The Hall–Kier alpha value is -3.07. The monoisotopic (exact) mass is 956 g/mol. The minimum absolute atomic E-state index is 0.0470. The maximum Gasteiger partial charge on any atom is 0.472 e. The second-order valence-corrected chi connectivity index (χ2v) is 18.8. The lowest BCUT2D eigenvalue weighted by molar-refractivity contribution is -0.161. The molecule has 2 atom stereocenters. The fourth-order valence-corrected chi connectivity index (χ4v) is 7.85. The molecule has 0 aliphatic rings. The average molecular weight is 956 g/mol. The topological polar surface area (TPSA) is 134 Å². The minimum Gasteiger partial charge on any atom is -0.462 e. The Morgan fingerprint density at radius 1 is 0.448 bits per heavy atom. The maximum atomic E-state index is 12.7. The first-order valence-electron chi connectivity index (χ1n) is 26.7. The van der Waals surface area contributed by atoms with Gasteiger partial charge in [-0.25, -0.2) is 4.57 Å². The molecule has 0 rings (SSSR count). The van der Waals surface area contributed by atoms with E-state index >= 15 is 0 Å². The summed E-state index contributed by atoms with van der Waals surface area (Å²) in [6.45, 7) is 3.49. The lowest BCUT2D eigenvalue weighted by Gasteiger charge is -2.19. The third-order valence-corrected chi connectivity index (χ3v) is 11.9. The SMILES string of the molecule is CC/C=C\C/C=C\C/C=C\C/C=C\C/C=C\CCCCCCCCCCCCCCCCCC(=O)OC(COC(=O)CCCCCCC/C=C\C/C=C\C/C=C\CC)COP(=O)(O)OCCN. The molecule has 67 heavy (non-hydrogen) atoms. The summed E-state index contributed by atoms with van der Waals surface area (Å²) < 4.78 is 32.9. The minimum atomic E-state index is -4.39. The van der Waals surface area contributed by atoms with E-state index in [-0.39, 0.29) is 32.6 Å². The Balaban J connectivity index is 3.97. The Bertz CT molecular complexity index is 1410. The second kappa shape index (κ2) is 52.3. The highest BCUT2D eigenvalue weighted by Gasteiger charge is 2.26. The number of unbranched alkanes of at least 4 members (excludes halogenated alkanes) is 20. The summed E-state index contributed by atoms with van der Waals surface area (Å²) in [5, 5.41) is 0. The van der Waals surface area contributed by atoms with Crippen molar-refractivity contribution in [1.29, 1.82) is 0 Å². The van der Waals surface area contributed by atoms with Crippen molar-refractivity contribution < 1.29 is 37.6 Å². The number of carbonyl (C=O) groups excluding carboxylic acids is 2. The summed E-state index contributed by atoms with van der Waals surface area (Å²) in [5.41, 5.74) is 5.37. The summed E-state index contributed by atoms with van der Waals surface area (Å²) in [4.78, 5) is 35.1. The molecule has 0 fully saturated rings. The molecule has 0 aromatic rings. The first-order chi connectivity index (χ1) is 32.8. The second-order valence-electron chi connectivity index (χ2n) is 17.3. The van der Waals surface area contributed by atoms with Crippen LogP contribution in [0.2, 0.25) is 0 Å². The van der Waals surface area contributed by atoms with Gasteiger partial charge in [0.25, 0.3) is 0 Å². The van der Waals surface area contributed by atoms with Gasteiger partial charge in [-0.05, 0) is 89.9 Å². The Morgan fingerprint density at radius 2 is 0.776 bits per heavy atom. The van der Waals surface area contributed by atoms with Gasteiger partial charge in [-0.2, -0.15) is 0 Å². The predicted molar refractivity (Wildman–Crippen MR) is 284 cm³/mol. The molecule has 10 heteroatoms. The van der Waals surface area contributed by atoms with E-state index in [0.717, 1.165) is 103 Å². The summed E-state index contributed by atoms with van der Waals surface area (Å²) in [7, 11) is -4.39. The van der Waals surface area contributed by atoms with Gasteiger partial charge < -0.3 is 20.1 Å². The van der Waals surface area contributed by atoms with Crippen molar-refractivity contribution in [2.45, 2.75) is 225 Å². The van der Waals surface area contributed by atoms with Crippen LogP contribution in [0.15, 0.2) is 97.2 Å². The molecule has 0 aromatic heterocycles. The van der Waals surface area contributed by atoms with Crippen molar-refractivity contribution >= 4 is 19.8 Å². The molecular weight excluding hydrogens is 858 g/mol. The van der Waals surface area contributed by atoms with Gasteiger partial charge in [0.2, 0.25) is 0 Å². The molecule has 0 aliphatic carbocycles. The largest absolute Gasteiger partial charge is 0.472 e. The number of rotatable bonds is 49. The van der Waals surface area contributed by atoms with Gasteiger partial charge in [-0.1, -0.05) is 214 Å². The standard InChI is InChI=1S/C57H98NO8P/c1-3-5-7-9-11-13-15-17-19-20-21-22-23-24-25-26-27-28-29-30-31-32-33-34-36-38-40-42-44-46-48-50-57(60)66-55(54-65-67(61,62)64-52-51-58)53-63-56(59)49-47-45-43-41-39-37-35-18-16-14-12-10-8-6-4-2/h5-8,11-14,17-19,21-22,24-25,35,55H,3-4,9-10,15-16,20,23,26-34,36-54,58H2,1-2H3,(H,61,62)/b7-5-,8-6-,13-11-,14-12-,19-17-,22-21-,25-24-,35-18-. The molecule has 0 aromatic carbocycles. The van der Waals surface area contributed by atoms with Gasteiger partial charge in [-0.3, -0.25) is 18.6 Å². The lowest BCUT2D eigenvalue weighted by Crippen LogP contribution is -2.29. The van der Waals surface area contributed by atoms with Crippen molar-refractivity contribution in [3.8, 4) is 0 Å². The van der Waals surface area contributed by atoms with Gasteiger partial charge in [0.05, 0.1) is 13.2 Å². The zero-order chi connectivity index (χ0) is 48.8. The fraction of sp³-hybridized carbons (Fsp3) is 0.684. The van der Waals surface area contributed by atoms with Gasteiger partial charge in [0.1, 0.15) is 6.61 Å². The number of hydrogen-bond donors (Lipinski definition) is 2. The van der Waals surface area contributed by atoms with E-state index in [4.69, 9.17) is 24.3 Å². The Morgan fingerprint density at radius 3 is 1.15 bits per heavy atom. The molecule has 9 nitrogen and oxygen atoms in total. The van der Waals surface area contributed by atoms with E-state index < -0.39 is 32.5 Å². The maximum absolute atomic E-state index is 12.7. The quantitative estimate of drug-likeness (QED) is 0.0264. The molecule has 0 radical (unpaired) electrons. The van der Waals surface area contributed by atoms with Crippen LogP contribution in [-0.4, -0.2) is 49.3 Å². The van der Waals surface area contributed by atoms with Crippen LogP contribution in [-0.2, 0) is 32.7 Å². The van der Waals surface area contributed by atoms with Crippen LogP contribution in [0.1, 0.15) is 219 Å². The number of hydrogen-bond acceptors (Lipinski definition) is 8. The molecular formula is C57H98NO8P. The Labute approximate surface area is 410 Å². The first kappa shape index (κ1) is 63.9. The molecule has 0 heterocycles. The zero-order valence-corrected chi connectivity index (χ0v) is 43.5. The smallest absolute Gasteiger partial charge is 0.462 e. The molecule has 2 unspecified atom stereocenters. The van der Waals surface area contributed by atoms with Gasteiger partial charge in [0, 0.05) is 19.4 Å². The molecule has 0 bridgehead atoms. The molecule has 0 saturated carbocycles. The van der Waals surface area contributed by atoms with Gasteiger partial charge in [0.15, 0.2) is 6.10 Å². The predicted octanol–water partition coefficient (Wildman–Crippen LogP) is 16.5. The fourth-order valence-electron chi connectivity index (χ4n) is 7.09. The number of allylic oxidation sites excluding steroid dienone is 16. The van der Waals surface area contributed by atoms with E-state index in [0.29, 0.717) is 12.8 Å². The first-order valence-corrected chi connectivity index (χ1v) is 28.2. The number of nitrogens with two attached hydrogens (primary N) is 1. The van der Waals surface area contributed by atoms with Gasteiger partial charge >= 0.3 is 19.8 Å². The van der Waals surface area contributed by atoms with E-state index in [1.54, 1.807) is 0 Å². The Kier molecular flexibility index (Phi) is 49.9. The van der Waals surface area contributed by atoms with Crippen LogP contribution in [0.5, 0.6) is 0 Å². The van der Waals surface area contributed by atoms with Crippen molar-refractivity contribution in [3.63, 3.8) is 0 Å². The molecule has 384 valence electrons. The molecule has 3 N–H and O–H groups in total. The van der Waals surface area contributed by atoms with Crippen LogP contribution in [0.25, 0.3) is 0 Å². The van der Waals surface area contributed by atoms with Crippen LogP contribution in [0.4, 0.5) is 0 Å². The van der Waals surface area contributed by atoms with Crippen LogP contribution in [0.3, 0.4) is 0 Å². The number of ether oxygens (including phenoxy) is 2. The highest BCUT2D eigenvalue weighted by molar-refractivity contribution is 7.47. The summed E-state index contributed by atoms with van der Waals surface area (Å²) in [6.07, 6.45) is 68.9. The van der Waals surface area contributed by atoms with Crippen LogP contribution >= 0.6 is 7.82 Å². The highest BCUT2D eigenvalue weighted by Crippen LogP contribution is 2.43. The highest BCUT2D eigenvalue weighted by atomic mass is 31.2. The van der Waals surface area contributed by atoms with Crippen LogP contribution in [0, 0.1) is 0 Å². The van der Waals surface area contributed by atoms with E-state index in [9.17, 15) is 19.0 Å². The van der Waals surface area contributed by atoms with E-state index in [2.05, 4.69) is 111 Å². The van der Waals surface area contributed by atoms with E-state index in [1.807, 2.05) is 0 Å². The summed E-state index contributed by atoms with van der Waals surface area (Å²) in [5.74, 6) is -0.850. The van der Waals surface area contributed by atoms with Gasteiger partial charge in [-0.15, -0.1) is 0 Å². The lowest BCUT2D eigenvalue weighted by atomic mass is 10.0. The van der Waals surface area contributed by atoms with Crippen molar-refractivity contribution in [1.82, 2.24) is 0 Å². The molecule has 0 saturated heterocycles. The number of phosphoric ester groups is 1. The third-order valence-electron chi connectivity index (χ3n) is 11.0.